The Morgan fingerprint density at radius 3 is 2.52 bits per heavy atom. The van der Waals surface area contributed by atoms with Gasteiger partial charge < -0.3 is 19.0 Å². The minimum atomic E-state index is -1.33. The molecule has 2 heterocycles. The van der Waals surface area contributed by atoms with Gasteiger partial charge in [0, 0.05) is 23.3 Å². The van der Waals surface area contributed by atoms with E-state index in [-0.39, 0.29) is 5.92 Å². The van der Waals surface area contributed by atoms with Crippen LogP contribution in [-0.4, -0.2) is 28.3 Å². The van der Waals surface area contributed by atoms with Gasteiger partial charge in [0.15, 0.2) is 0 Å². The third-order valence-electron chi connectivity index (χ3n) is 7.50. The largest absolute Gasteiger partial charge is 0.493 e. The van der Waals surface area contributed by atoms with Crippen LogP contribution in [-0.2, 0) is 16.0 Å². The fourth-order valence-electron chi connectivity index (χ4n) is 5.28. The molecule has 7 heteroatoms. The molecule has 0 aliphatic heterocycles. The average Bonchev–Trinajstić information content (AvgIpc) is 3.65. The average molecular weight is 584 g/mol. The molecule has 2 atom stereocenters. The van der Waals surface area contributed by atoms with Crippen LogP contribution in [0.5, 0.6) is 5.75 Å². The summed E-state index contributed by atoms with van der Waals surface area (Å²) in [6, 6.07) is 21.6. The first-order valence-electron chi connectivity index (χ1n) is 14.5. The SMILES string of the molecule is CCCC1=CC(CC(C)(Oc2ccccc2)C(=O)O)CC=C1OCCc1nc(-c2ccc(-c3cccs3)cc2)oc1C. The van der Waals surface area contributed by atoms with Crippen molar-refractivity contribution in [3.05, 3.63) is 107 Å². The number of carboxylic acid groups (broad SMARTS) is 1. The van der Waals surface area contributed by atoms with E-state index in [0.717, 1.165) is 41.2 Å². The number of benzene rings is 2. The van der Waals surface area contributed by atoms with Gasteiger partial charge >= 0.3 is 5.97 Å². The van der Waals surface area contributed by atoms with Crippen molar-refractivity contribution in [3.63, 3.8) is 0 Å². The number of ether oxygens (including phenoxy) is 2. The highest BCUT2D eigenvalue weighted by Crippen LogP contribution is 2.34. The molecule has 0 amide bonds. The Morgan fingerprint density at radius 1 is 1.07 bits per heavy atom. The molecular weight excluding hydrogens is 546 g/mol. The third-order valence-corrected chi connectivity index (χ3v) is 8.41. The second-order valence-electron chi connectivity index (χ2n) is 10.8. The second kappa shape index (κ2) is 13.3. The predicted octanol–water partition coefficient (Wildman–Crippen LogP) is 8.88. The maximum Gasteiger partial charge on any atom is 0.347 e. The van der Waals surface area contributed by atoms with E-state index in [4.69, 9.17) is 18.9 Å². The quantitative estimate of drug-likeness (QED) is 0.169. The fourth-order valence-corrected chi connectivity index (χ4v) is 6.01. The van der Waals surface area contributed by atoms with E-state index >= 15 is 0 Å². The minimum Gasteiger partial charge on any atom is -0.493 e. The van der Waals surface area contributed by atoms with Gasteiger partial charge in [-0.15, -0.1) is 11.3 Å². The lowest BCUT2D eigenvalue weighted by molar-refractivity contribution is -0.155. The summed E-state index contributed by atoms with van der Waals surface area (Å²) in [7, 11) is 0. The Morgan fingerprint density at radius 2 is 1.83 bits per heavy atom. The first-order chi connectivity index (χ1) is 20.3. The number of carbonyl (C=O) groups is 1. The monoisotopic (exact) mass is 583 g/mol. The first kappa shape index (κ1) is 29.4. The van der Waals surface area contributed by atoms with Crippen molar-refractivity contribution in [1.82, 2.24) is 4.98 Å². The van der Waals surface area contributed by atoms with Crippen molar-refractivity contribution in [2.24, 2.45) is 5.92 Å². The van der Waals surface area contributed by atoms with Crippen LogP contribution in [0.3, 0.4) is 0 Å². The van der Waals surface area contributed by atoms with Crippen molar-refractivity contribution in [2.45, 2.75) is 58.5 Å². The Bertz CT molecular complexity index is 1540. The molecule has 4 aromatic rings. The maximum absolute atomic E-state index is 12.2. The van der Waals surface area contributed by atoms with Crippen LogP contribution in [0.25, 0.3) is 21.9 Å². The zero-order valence-electron chi connectivity index (χ0n) is 24.3. The number of aliphatic carboxylic acids is 1. The van der Waals surface area contributed by atoms with Gasteiger partial charge in [-0.1, -0.05) is 55.8 Å². The third kappa shape index (κ3) is 7.02. The van der Waals surface area contributed by atoms with Crippen molar-refractivity contribution in [3.8, 4) is 27.6 Å². The fraction of sp³-hybridized carbons (Fsp3) is 0.314. The number of thiophene rings is 1. The molecule has 0 bridgehead atoms. The summed E-state index contributed by atoms with van der Waals surface area (Å²) >= 11 is 1.72. The molecule has 1 N–H and O–H groups in total. The van der Waals surface area contributed by atoms with Crippen LogP contribution in [0.2, 0.25) is 0 Å². The van der Waals surface area contributed by atoms with Crippen LogP contribution in [0.1, 0.15) is 51.0 Å². The van der Waals surface area contributed by atoms with E-state index < -0.39 is 11.6 Å². The molecule has 218 valence electrons. The van der Waals surface area contributed by atoms with Crippen molar-refractivity contribution < 1.29 is 23.8 Å². The molecule has 6 nitrogen and oxygen atoms in total. The van der Waals surface area contributed by atoms with E-state index in [1.807, 2.05) is 37.3 Å². The smallest absolute Gasteiger partial charge is 0.347 e. The van der Waals surface area contributed by atoms with Crippen LogP contribution in [0.15, 0.2) is 100 Å². The highest BCUT2D eigenvalue weighted by Gasteiger charge is 2.38. The number of para-hydroxylation sites is 1. The Kier molecular flexibility index (Phi) is 9.28. The Balaban J connectivity index is 1.20. The van der Waals surface area contributed by atoms with Gasteiger partial charge in [0.05, 0.1) is 12.3 Å². The van der Waals surface area contributed by atoms with Crippen LogP contribution in [0.4, 0.5) is 0 Å². The summed E-state index contributed by atoms with van der Waals surface area (Å²) in [5.41, 5.74) is 2.80. The highest BCUT2D eigenvalue weighted by atomic mass is 32.1. The molecule has 5 rings (SSSR count). The number of hydrogen-bond acceptors (Lipinski definition) is 6. The van der Waals surface area contributed by atoms with Gasteiger partial charge in [-0.3, -0.25) is 0 Å². The van der Waals surface area contributed by atoms with E-state index in [9.17, 15) is 9.90 Å². The topological polar surface area (TPSA) is 81.8 Å². The molecule has 0 spiro atoms. The molecule has 1 aliphatic carbocycles. The number of carboxylic acids is 1. The number of aromatic nitrogens is 1. The lowest BCUT2D eigenvalue weighted by Crippen LogP contribution is -2.43. The molecule has 2 aromatic heterocycles. The number of aryl methyl sites for hydroxylation is 1. The number of allylic oxidation sites excluding steroid dienone is 3. The molecule has 0 saturated heterocycles. The maximum atomic E-state index is 12.2. The summed E-state index contributed by atoms with van der Waals surface area (Å²) in [6.45, 7) is 6.20. The zero-order valence-corrected chi connectivity index (χ0v) is 25.2. The van der Waals surface area contributed by atoms with E-state index in [2.05, 4.69) is 48.7 Å². The molecular formula is C35H37NO5S. The number of oxazole rings is 1. The summed E-state index contributed by atoms with van der Waals surface area (Å²) in [6.07, 6.45) is 7.78. The molecule has 2 unspecified atom stereocenters. The summed E-state index contributed by atoms with van der Waals surface area (Å²) < 4.78 is 18.2. The Hall–Kier alpha value is -4.10. The van der Waals surface area contributed by atoms with Gasteiger partial charge in [-0.25, -0.2) is 9.78 Å². The first-order valence-corrected chi connectivity index (χ1v) is 15.3. The number of hydrogen-bond donors (Lipinski definition) is 1. The zero-order chi connectivity index (χ0) is 29.5. The van der Waals surface area contributed by atoms with Gasteiger partial charge in [0.1, 0.15) is 17.3 Å². The number of rotatable bonds is 13. The van der Waals surface area contributed by atoms with Crippen LogP contribution >= 0.6 is 11.3 Å². The molecule has 0 fully saturated rings. The van der Waals surface area contributed by atoms with Crippen LogP contribution in [0, 0.1) is 12.8 Å². The van der Waals surface area contributed by atoms with Gasteiger partial charge in [0.2, 0.25) is 11.5 Å². The summed E-state index contributed by atoms with van der Waals surface area (Å²) in [5.74, 6) is 1.91. The second-order valence-corrected chi connectivity index (χ2v) is 11.8. The molecule has 1 aliphatic rings. The van der Waals surface area contributed by atoms with Gasteiger partial charge in [0.25, 0.3) is 0 Å². The van der Waals surface area contributed by atoms with E-state index in [1.54, 1.807) is 30.4 Å². The summed E-state index contributed by atoms with van der Waals surface area (Å²) in [5, 5.41) is 12.1. The normalized spacial score (nSPS) is 16.3. The molecule has 0 saturated carbocycles. The van der Waals surface area contributed by atoms with Crippen molar-refractivity contribution >= 4 is 17.3 Å². The summed E-state index contributed by atoms with van der Waals surface area (Å²) in [4.78, 5) is 18.2. The minimum absolute atomic E-state index is 0.0373. The molecule has 2 aromatic carbocycles. The van der Waals surface area contributed by atoms with E-state index in [0.29, 0.717) is 37.5 Å². The highest BCUT2D eigenvalue weighted by molar-refractivity contribution is 7.13. The number of nitrogens with zero attached hydrogens (tertiary/aromatic N) is 1. The molecule has 0 radical (unpaired) electrons. The molecule has 42 heavy (non-hydrogen) atoms. The Labute approximate surface area is 251 Å². The predicted molar refractivity (Wildman–Crippen MR) is 167 cm³/mol. The lowest BCUT2D eigenvalue weighted by Gasteiger charge is -2.31. The lowest BCUT2D eigenvalue weighted by atomic mass is 9.84. The van der Waals surface area contributed by atoms with E-state index in [1.165, 1.54) is 10.4 Å². The van der Waals surface area contributed by atoms with Crippen molar-refractivity contribution in [2.75, 3.05) is 6.61 Å². The van der Waals surface area contributed by atoms with Gasteiger partial charge in [-0.2, -0.15) is 0 Å². The van der Waals surface area contributed by atoms with Crippen LogP contribution < -0.4 is 4.74 Å². The standard InChI is InChI=1S/C35H37NO5S/c1-4-9-28-22-25(23-35(3,34(37)38)41-29-10-6-5-7-11-29)13-18-31(28)39-20-19-30-24(2)40-33(36-30)27-16-14-26(15-17-27)32-12-8-21-42-32/h5-8,10-12,14-18,21-22,25H,4,9,13,19-20,23H2,1-3H3,(H,37,38). The van der Waals surface area contributed by atoms with Gasteiger partial charge in [-0.05, 0) is 85.5 Å². The van der Waals surface area contributed by atoms with Crippen molar-refractivity contribution in [1.29, 1.82) is 0 Å².